The lowest BCUT2D eigenvalue weighted by Gasteiger charge is -2.53. The Kier molecular flexibility index (Phi) is 5.93. The van der Waals surface area contributed by atoms with E-state index in [-0.39, 0.29) is 23.5 Å². The van der Waals surface area contributed by atoms with E-state index in [1.165, 1.54) is 11.1 Å². The van der Waals surface area contributed by atoms with E-state index in [9.17, 15) is 10.2 Å². The average molecular weight is 461 g/mol. The zero-order valence-corrected chi connectivity index (χ0v) is 20.9. The Balaban J connectivity index is 0.00000111. The maximum absolute atomic E-state index is 11.8. The molecule has 0 aromatic rings. The molecule has 6 rings (SSSR count). The van der Waals surface area contributed by atoms with Crippen LogP contribution in [0.3, 0.4) is 0 Å². The van der Waals surface area contributed by atoms with Crippen LogP contribution in [0.25, 0.3) is 0 Å². The molecule has 0 radical (unpaired) electrons. The summed E-state index contributed by atoms with van der Waals surface area (Å²) in [6.07, 6.45) is 10.2. The number of hydrogen-bond donors (Lipinski definition) is 3. The van der Waals surface area contributed by atoms with Gasteiger partial charge in [-0.2, -0.15) is 0 Å². The van der Waals surface area contributed by atoms with Crippen LogP contribution in [0.4, 0.5) is 0 Å². The highest BCUT2D eigenvalue weighted by Gasteiger charge is 2.68. The molecular formula is C28H44O5. The summed E-state index contributed by atoms with van der Waals surface area (Å²) in [4.78, 5) is 0. The first-order valence-electron chi connectivity index (χ1n) is 13.2. The molecule has 0 unspecified atom stereocenters. The monoisotopic (exact) mass is 460 g/mol. The minimum absolute atomic E-state index is 0.130. The molecule has 5 fully saturated rings. The van der Waals surface area contributed by atoms with Gasteiger partial charge in [-0.1, -0.05) is 37.6 Å². The van der Waals surface area contributed by atoms with E-state index in [1.807, 2.05) is 0 Å². The van der Waals surface area contributed by atoms with Gasteiger partial charge < -0.3 is 24.8 Å². The van der Waals surface area contributed by atoms with Gasteiger partial charge in [0.05, 0.1) is 24.4 Å². The lowest BCUT2D eigenvalue weighted by atomic mass is 9.52. The molecule has 2 heterocycles. The summed E-state index contributed by atoms with van der Waals surface area (Å²) >= 11 is 0. The van der Waals surface area contributed by atoms with Crippen LogP contribution >= 0.6 is 0 Å². The first-order chi connectivity index (χ1) is 15.7. The highest BCUT2D eigenvalue weighted by atomic mass is 16.7. The average Bonchev–Trinajstić information content (AvgIpc) is 3.37. The van der Waals surface area contributed by atoms with E-state index >= 15 is 0 Å². The Morgan fingerprint density at radius 2 is 1.88 bits per heavy atom. The maximum Gasteiger partial charge on any atom is 0.172 e. The fraction of sp³-hybridized carbons (Fsp3) is 0.857. The molecule has 0 bridgehead atoms. The van der Waals surface area contributed by atoms with E-state index in [1.54, 1.807) is 0 Å². The second kappa shape index (κ2) is 8.16. The maximum atomic E-state index is 11.8. The van der Waals surface area contributed by atoms with Crippen LogP contribution in [-0.2, 0) is 9.47 Å². The van der Waals surface area contributed by atoms with Gasteiger partial charge in [-0.05, 0) is 81.0 Å². The lowest BCUT2D eigenvalue weighted by Crippen LogP contribution is -2.53. The molecule has 4 aliphatic carbocycles. The smallest absolute Gasteiger partial charge is 0.172 e. The highest BCUT2D eigenvalue weighted by Crippen LogP contribution is 2.69. The van der Waals surface area contributed by atoms with Crippen molar-refractivity contribution in [1.82, 2.24) is 0 Å². The van der Waals surface area contributed by atoms with Crippen molar-refractivity contribution in [3.63, 3.8) is 0 Å². The molecule has 0 aromatic carbocycles. The number of allylic oxidation sites excluding steroid dienone is 1. The molecule has 5 nitrogen and oxygen atoms in total. The Morgan fingerprint density at radius 1 is 1.12 bits per heavy atom. The molecule has 0 aromatic heterocycles. The highest BCUT2D eigenvalue weighted by molar-refractivity contribution is 5.25. The van der Waals surface area contributed by atoms with Crippen LogP contribution in [0.15, 0.2) is 23.8 Å². The van der Waals surface area contributed by atoms with Gasteiger partial charge in [0, 0.05) is 25.4 Å². The zero-order chi connectivity index (χ0) is 23.8. The van der Waals surface area contributed by atoms with E-state index in [0.717, 1.165) is 58.5 Å². The van der Waals surface area contributed by atoms with Crippen LogP contribution in [0, 0.1) is 40.9 Å². The van der Waals surface area contributed by atoms with Crippen molar-refractivity contribution in [3.8, 4) is 0 Å². The first-order valence-corrected chi connectivity index (χ1v) is 13.2. The van der Waals surface area contributed by atoms with E-state index in [4.69, 9.17) is 14.6 Å². The Labute approximate surface area is 199 Å². The third kappa shape index (κ3) is 3.36. The molecule has 3 saturated carbocycles. The predicted molar refractivity (Wildman–Crippen MR) is 127 cm³/mol. The van der Waals surface area contributed by atoms with Gasteiger partial charge in [0.25, 0.3) is 0 Å². The summed E-state index contributed by atoms with van der Waals surface area (Å²) < 4.78 is 13.1. The van der Waals surface area contributed by atoms with Crippen molar-refractivity contribution >= 4 is 0 Å². The van der Waals surface area contributed by atoms with E-state index in [0.29, 0.717) is 36.2 Å². The number of aliphatic hydroxyl groups is 3. The molecular weight excluding hydrogens is 416 g/mol. The quantitative estimate of drug-likeness (QED) is 0.472. The third-order valence-corrected chi connectivity index (χ3v) is 11.0. The van der Waals surface area contributed by atoms with Crippen molar-refractivity contribution in [3.05, 3.63) is 23.8 Å². The number of rotatable bonds is 0. The fourth-order valence-corrected chi connectivity index (χ4v) is 9.50. The second-order valence-electron chi connectivity index (χ2n) is 12.4. The topological polar surface area (TPSA) is 79.2 Å². The minimum atomic E-state index is -0.718. The van der Waals surface area contributed by atoms with Gasteiger partial charge in [-0.15, -0.1) is 0 Å². The number of aliphatic hydroxyl groups excluding tert-OH is 2. The van der Waals surface area contributed by atoms with Crippen molar-refractivity contribution in [2.75, 3.05) is 13.7 Å². The predicted octanol–water partition coefficient (Wildman–Crippen LogP) is 4.21. The molecule has 11 atom stereocenters. The Hall–Kier alpha value is -0.720. The first kappa shape index (κ1) is 24.0. The Bertz CT molecular complexity index is 807. The summed E-state index contributed by atoms with van der Waals surface area (Å²) in [5.41, 5.74) is 2.03. The lowest BCUT2D eigenvalue weighted by molar-refractivity contribution is -0.255. The van der Waals surface area contributed by atoms with E-state index in [2.05, 4.69) is 33.4 Å². The number of ether oxygens (including phenoxy) is 2. The summed E-state index contributed by atoms with van der Waals surface area (Å²) in [6, 6.07) is 0. The summed E-state index contributed by atoms with van der Waals surface area (Å²) in [6.45, 7) is 11.7. The molecule has 0 amide bonds. The molecule has 3 N–H and O–H groups in total. The van der Waals surface area contributed by atoms with Gasteiger partial charge in [-0.3, -0.25) is 0 Å². The van der Waals surface area contributed by atoms with Gasteiger partial charge in [0.15, 0.2) is 5.79 Å². The van der Waals surface area contributed by atoms with Gasteiger partial charge >= 0.3 is 0 Å². The van der Waals surface area contributed by atoms with Crippen LogP contribution < -0.4 is 0 Å². The van der Waals surface area contributed by atoms with Crippen LogP contribution in [0.5, 0.6) is 0 Å². The largest absolute Gasteiger partial charge is 0.400 e. The van der Waals surface area contributed by atoms with Crippen molar-refractivity contribution in [2.45, 2.75) is 95.7 Å². The van der Waals surface area contributed by atoms with Crippen molar-refractivity contribution < 1.29 is 24.8 Å². The van der Waals surface area contributed by atoms with Crippen LogP contribution in [0.1, 0.15) is 72.1 Å². The van der Waals surface area contributed by atoms with Crippen molar-refractivity contribution in [1.29, 1.82) is 0 Å². The SMILES string of the molecule is C=C1CC[C@@]2(OC1)O[C@H]1C[C@H]3[C@@H]4CC=C5C[C@@H](O)C[C@H]5[C@](C)(O)[C@H]4CC[C@]3(C)[C@H]1[C@@H]2C.CO. The van der Waals surface area contributed by atoms with Gasteiger partial charge in [0.2, 0.25) is 0 Å². The van der Waals surface area contributed by atoms with Gasteiger partial charge in [0.1, 0.15) is 0 Å². The summed E-state index contributed by atoms with van der Waals surface area (Å²) in [5, 5.41) is 29.1. The van der Waals surface area contributed by atoms with Crippen molar-refractivity contribution in [2.24, 2.45) is 40.9 Å². The molecule has 33 heavy (non-hydrogen) atoms. The molecule has 186 valence electrons. The van der Waals surface area contributed by atoms with E-state index < -0.39 is 11.4 Å². The normalized spacial score (nSPS) is 55.0. The van der Waals surface area contributed by atoms with Crippen LogP contribution in [-0.4, -0.2) is 52.6 Å². The molecule has 2 aliphatic heterocycles. The minimum Gasteiger partial charge on any atom is -0.400 e. The summed E-state index contributed by atoms with van der Waals surface area (Å²) in [5.74, 6) is 2.06. The summed E-state index contributed by atoms with van der Waals surface area (Å²) in [7, 11) is 1.00. The van der Waals surface area contributed by atoms with Crippen LogP contribution in [0.2, 0.25) is 0 Å². The zero-order valence-electron chi connectivity index (χ0n) is 20.9. The standard InChI is InChI=1S/C27H40O4.CH4O/c1-15-7-10-27(30-14-15)16(2)24-23(31-27)13-22-19-6-5-17-11-18(28)12-21(17)26(4,29)20(19)8-9-25(22,24)3;1-2/h5,16,18-24,28-29H,1,6-14H2,2-4H3;2H,1H3/t16-,18+,19+,20-,21+,22-,23-,24-,25-,26+,27+;/m0./s1. The second-order valence-corrected chi connectivity index (χ2v) is 12.4. The van der Waals surface area contributed by atoms with Gasteiger partial charge in [-0.25, -0.2) is 0 Å². The molecule has 6 aliphatic rings. The molecule has 2 saturated heterocycles. The fourth-order valence-electron chi connectivity index (χ4n) is 9.50. The molecule has 5 heteroatoms. The molecule has 1 spiro atoms. The Morgan fingerprint density at radius 3 is 2.58 bits per heavy atom. The third-order valence-electron chi connectivity index (χ3n) is 11.0. The number of fused-ring (bicyclic) bond motifs is 6. The number of hydrogen-bond acceptors (Lipinski definition) is 5.